The first-order valence-electron chi connectivity index (χ1n) is 7.24. The van der Waals surface area contributed by atoms with Gasteiger partial charge in [-0.2, -0.15) is 0 Å². The second kappa shape index (κ2) is 6.30. The predicted molar refractivity (Wildman–Crippen MR) is 82.6 cm³/mol. The molecule has 23 heavy (non-hydrogen) atoms. The van der Waals surface area contributed by atoms with Crippen molar-refractivity contribution in [3.05, 3.63) is 90.0 Å². The Morgan fingerprint density at radius 1 is 1.09 bits per heavy atom. The number of nitrogens with zero attached hydrogens (tertiary/aromatic N) is 2. The standard InChI is InChI=1S/C18H16F2N2O/c19-15-6-7-16(17(20)10-15)18(23,12-22-9-8-21-13-22)11-14-4-2-1-3-5-14/h1-10,13,23H,11-12H2. The molecular weight excluding hydrogens is 298 g/mol. The highest BCUT2D eigenvalue weighted by Gasteiger charge is 2.33. The molecular formula is C18H16F2N2O. The monoisotopic (exact) mass is 314 g/mol. The molecule has 1 heterocycles. The molecule has 0 saturated heterocycles. The lowest BCUT2D eigenvalue weighted by Crippen LogP contribution is -2.34. The fourth-order valence-corrected chi connectivity index (χ4v) is 2.72. The third kappa shape index (κ3) is 3.46. The van der Waals surface area contributed by atoms with E-state index in [2.05, 4.69) is 4.98 Å². The third-order valence-electron chi connectivity index (χ3n) is 3.78. The summed E-state index contributed by atoms with van der Waals surface area (Å²) in [5.41, 5.74) is -0.588. The van der Waals surface area contributed by atoms with Gasteiger partial charge in [0.2, 0.25) is 0 Å². The van der Waals surface area contributed by atoms with Crippen molar-refractivity contribution in [3.8, 4) is 0 Å². The highest BCUT2D eigenvalue weighted by atomic mass is 19.1. The molecule has 0 bridgehead atoms. The van der Waals surface area contributed by atoms with Crippen molar-refractivity contribution in [2.45, 2.75) is 18.6 Å². The molecule has 1 unspecified atom stereocenters. The number of halogens is 2. The van der Waals surface area contributed by atoms with Crippen LogP contribution in [0.25, 0.3) is 0 Å². The Morgan fingerprint density at radius 3 is 2.52 bits per heavy atom. The fourth-order valence-electron chi connectivity index (χ4n) is 2.72. The maximum Gasteiger partial charge on any atom is 0.132 e. The van der Waals surface area contributed by atoms with Gasteiger partial charge in [0, 0.05) is 30.4 Å². The minimum atomic E-state index is -1.51. The zero-order valence-corrected chi connectivity index (χ0v) is 12.4. The van der Waals surface area contributed by atoms with Gasteiger partial charge in [-0.25, -0.2) is 13.8 Å². The predicted octanol–water partition coefficient (Wildman–Crippen LogP) is 3.29. The molecule has 0 spiro atoms. The van der Waals surface area contributed by atoms with E-state index in [1.165, 1.54) is 6.07 Å². The summed E-state index contributed by atoms with van der Waals surface area (Å²) in [6.45, 7) is 0.116. The van der Waals surface area contributed by atoms with Gasteiger partial charge in [0.1, 0.15) is 17.2 Å². The van der Waals surface area contributed by atoms with Gasteiger partial charge in [0.05, 0.1) is 12.9 Å². The van der Waals surface area contributed by atoms with Crippen LogP contribution in [0.2, 0.25) is 0 Å². The van der Waals surface area contributed by atoms with Crippen LogP contribution in [0, 0.1) is 11.6 Å². The van der Waals surface area contributed by atoms with Gasteiger partial charge in [-0.15, -0.1) is 0 Å². The molecule has 3 aromatic rings. The summed E-state index contributed by atoms with van der Waals surface area (Å²) in [4.78, 5) is 3.94. The van der Waals surface area contributed by atoms with Crippen molar-refractivity contribution in [2.24, 2.45) is 0 Å². The number of aromatic nitrogens is 2. The van der Waals surface area contributed by atoms with Crippen molar-refractivity contribution >= 4 is 0 Å². The molecule has 0 aliphatic carbocycles. The van der Waals surface area contributed by atoms with Crippen molar-refractivity contribution in [1.29, 1.82) is 0 Å². The van der Waals surface area contributed by atoms with Gasteiger partial charge in [-0.3, -0.25) is 0 Å². The first-order valence-corrected chi connectivity index (χ1v) is 7.24. The molecule has 0 amide bonds. The molecule has 0 aliphatic heterocycles. The number of hydrogen-bond donors (Lipinski definition) is 1. The van der Waals surface area contributed by atoms with E-state index in [9.17, 15) is 13.9 Å². The van der Waals surface area contributed by atoms with Gasteiger partial charge >= 0.3 is 0 Å². The highest BCUT2D eigenvalue weighted by Crippen LogP contribution is 2.30. The van der Waals surface area contributed by atoms with Crippen LogP contribution in [0.15, 0.2) is 67.3 Å². The van der Waals surface area contributed by atoms with E-state index in [-0.39, 0.29) is 18.5 Å². The maximum absolute atomic E-state index is 14.3. The molecule has 118 valence electrons. The van der Waals surface area contributed by atoms with Crippen LogP contribution in [-0.4, -0.2) is 14.7 Å². The topological polar surface area (TPSA) is 38.0 Å². The number of rotatable bonds is 5. The second-order valence-corrected chi connectivity index (χ2v) is 5.55. The average Bonchev–Trinajstić information content (AvgIpc) is 3.00. The van der Waals surface area contributed by atoms with Crippen molar-refractivity contribution in [1.82, 2.24) is 9.55 Å². The Balaban J connectivity index is 2.01. The molecule has 1 atom stereocenters. The van der Waals surface area contributed by atoms with Gasteiger partial charge in [-0.1, -0.05) is 36.4 Å². The van der Waals surface area contributed by atoms with Gasteiger partial charge in [0.25, 0.3) is 0 Å². The normalized spacial score (nSPS) is 13.7. The lowest BCUT2D eigenvalue weighted by molar-refractivity contribution is 0.0151. The smallest absolute Gasteiger partial charge is 0.132 e. The summed E-state index contributed by atoms with van der Waals surface area (Å²) < 4.78 is 29.1. The Labute approximate surface area is 132 Å². The molecule has 0 saturated carbocycles. The van der Waals surface area contributed by atoms with E-state index in [1.807, 2.05) is 30.3 Å². The zero-order valence-electron chi connectivity index (χ0n) is 12.4. The minimum Gasteiger partial charge on any atom is -0.383 e. The second-order valence-electron chi connectivity index (χ2n) is 5.55. The fraction of sp³-hybridized carbons (Fsp3) is 0.167. The quantitative estimate of drug-likeness (QED) is 0.785. The van der Waals surface area contributed by atoms with Gasteiger partial charge in [-0.05, 0) is 11.6 Å². The van der Waals surface area contributed by atoms with Crippen LogP contribution < -0.4 is 0 Å². The third-order valence-corrected chi connectivity index (χ3v) is 3.78. The van der Waals surface area contributed by atoms with Crippen LogP contribution in [0.3, 0.4) is 0 Å². The van der Waals surface area contributed by atoms with E-state index >= 15 is 0 Å². The highest BCUT2D eigenvalue weighted by molar-refractivity contribution is 5.28. The number of aliphatic hydroxyl groups is 1. The van der Waals surface area contributed by atoms with Crippen LogP contribution in [0.1, 0.15) is 11.1 Å². The van der Waals surface area contributed by atoms with Gasteiger partial charge in [0.15, 0.2) is 0 Å². The maximum atomic E-state index is 14.3. The van der Waals surface area contributed by atoms with E-state index in [0.29, 0.717) is 0 Å². The number of benzene rings is 2. The average molecular weight is 314 g/mol. The lowest BCUT2D eigenvalue weighted by Gasteiger charge is -2.29. The largest absolute Gasteiger partial charge is 0.383 e. The number of imidazole rings is 1. The Morgan fingerprint density at radius 2 is 1.87 bits per heavy atom. The Kier molecular flexibility index (Phi) is 4.21. The van der Waals surface area contributed by atoms with E-state index in [1.54, 1.807) is 23.3 Å². The first kappa shape index (κ1) is 15.4. The van der Waals surface area contributed by atoms with Crippen LogP contribution in [0.4, 0.5) is 8.78 Å². The van der Waals surface area contributed by atoms with Crippen LogP contribution in [0.5, 0.6) is 0 Å². The van der Waals surface area contributed by atoms with Crippen LogP contribution in [-0.2, 0) is 18.6 Å². The number of hydrogen-bond acceptors (Lipinski definition) is 2. The zero-order chi connectivity index (χ0) is 16.3. The molecule has 0 radical (unpaired) electrons. The Bertz CT molecular complexity index is 775. The molecule has 1 aromatic heterocycles. The van der Waals surface area contributed by atoms with Crippen LogP contribution >= 0.6 is 0 Å². The van der Waals surface area contributed by atoms with E-state index < -0.39 is 17.2 Å². The molecule has 3 rings (SSSR count). The summed E-state index contributed by atoms with van der Waals surface area (Å²) in [6, 6.07) is 12.5. The van der Waals surface area contributed by atoms with Gasteiger partial charge < -0.3 is 9.67 Å². The molecule has 0 aliphatic rings. The van der Waals surface area contributed by atoms with E-state index in [0.717, 1.165) is 17.7 Å². The van der Waals surface area contributed by atoms with Crippen molar-refractivity contribution < 1.29 is 13.9 Å². The minimum absolute atomic E-state index is 0.0662. The molecule has 2 aromatic carbocycles. The summed E-state index contributed by atoms with van der Waals surface area (Å²) in [5.74, 6) is -1.43. The van der Waals surface area contributed by atoms with Crippen molar-refractivity contribution in [3.63, 3.8) is 0 Å². The molecule has 3 nitrogen and oxygen atoms in total. The van der Waals surface area contributed by atoms with E-state index in [4.69, 9.17) is 0 Å². The molecule has 0 fully saturated rings. The first-order chi connectivity index (χ1) is 11.1. The summed E-state index contributed by atoms with van der Waals surface area (Å²) in [6.07, 6.45) is 5.04. The molecule has 1 N–H and O–H groups in total. The van der Waals surface area contributed by atoms with Crippen molar-refractivity contribution in [2.75, 3.05) is 0 Å². The SMILES string of the molecule is OC(Cc1ccccc1)(Cn1ccnc1)c1ccc(F)cc1F. The summed E-state index contributed by atoms with van der Waals surface area (Å²) in [5, 5.41) is 11.2. The summed E-state index contributed by atoms with van der Waals surface area (Å²) >= 11 is 0. The summed E-state index contributed by atoms with van der Waals surface area (Å²) in [7, 11) is 0. The lowest BCUT2D eigenvalue weighted by atomic mass is 9.86. The Hall–Kier alpha value is -2.53. The molecule has 5 heteroatoms.